The molecule has 0 saturated carbocycles. The summed E-state index contributed by atoms with van der Waals surface area (Å²) in [6.07, 6.45) is 1.87. The number of nitrogens with one attached hydrogen (secondary N) is 3. The van der Waals surface area contributed by atoms with Gasteiger partial charge in [0.2, 0.25) is 45.5 Å². The number of imide groups is 2. The van der Waals surface area contributed by atoms with Crippen molar-refractivity contribution in [3.8, 4) is 0 Å². The minimum atomic E-state index is -3.09. The molecule has 0 aliphatic carbocycles. The number of amides is 6. The molecule has 0 aromatic carbocycles. The van der Waals surface area contributed by atoms with Crippen LogP contribution >= 0.6 is 0 Å². The van der Waals surface area contributed by atoms with Gasteiger partial charge in [-0.1, -0.05) is 69.2 Å². The number of likely N-dealkylation sites (tertiary alicyclic amines) is 2. The lowest BCUT2D eigenvalue weighted by atomic mass is 9.89. The summed E-state index contributed by atoms with van der Waals surface area (Å²) in [5.74, 6) is -1.87. The Kier molecular flexibility index (Phi) is 25.1. The van der Waals surface area contributed by atoms with Crippen LogP contribution in [0.4, 0.5) is 0 Å². The van der Waals surface area contributed by atoms with Crippen LogP contribution in [0.15, 0.2) is 0 Å². The third kappa shape index (κ3) is 24.1. The highest BCUT2D eigenvalue weighted by molar-refractivity contribution is 7.90. The van der Waals surface area contributed by atoms with E-state index in [0.29, 0.717) is 39.0 Å². The first-order valence-corrected chi connectivity index (χ1v) is 21.3. The summed E-state index contributed by atoms with van der Waals surface area (Å²) in [6.45, 7) is 25.5. The molecule has 2 aliphatic heterocycles. The quantitative estimate of drug-likeness (QED) is 0.142. The zero-order valence-electron chi connectivity index (χ0n) is 37.1. The predicted octanol–water partition coefficient (Wildman–Crippen LogP) is 3.55. The molecular formula is C40H73N5O11S. The average Bonchev–Trinajstić information content (AvgIpc) is 3.47. The number of ketones is 2. The maximum Gasteiger partial charge on any atom is 0.232 e. The molecule has 57 heavy (non-hydrogen) atoms. The van der Waals surface area contributed by atoms with E-state index < -0.39 is 14.8 Å². The molecule has 0 aromatic heterocycles. The second-order valence-corrected chi connectivity index (χ2v) is 20.0. The number of rotatable bonds is 17. The largest absolute Gasteiger partial charge is 0.379 e. The molecule has 0 aromatic rings. The number of carbonyl (C=O) groups excluding carboxylic acids is 8. The lowest BCUT2D eigenvalue weighted by molar-refractivity contribution is -0.141. The number of hydrogen-bond donors (Lipinski definition) is 3. The van der Waals surface area contributed by atoms with Crippen molar-refractivity contribution in [3.05, 3.63) is 0 Å². The van der Waals surface area contributed by atoms with Gasteiger partial charge in [-0.15, -0.1) is 0 Å². The number of carbonyl (C=O) groups is 8. The first-order chi connectivity index (χ1) is 26.0. The van der Waals surface area contributed by atoms with E-state index in [1.807, 2.05) is 55.4 Å². The van der Waals surface area contributed by atoms with Gasteiger partial charge < -0.3 is 15.4 Å². The molecule has 16 nitrogen and oxygen atoms in total. The van der Waals surface area contributed by atoms with Crippen LogP contribution < -0.4 is 15.4 Å². The molecule has 0 bridgehead atoms. The smallest absolute Gasteiger partial charge is 0.232 e. The van der Waals surface area contributed by atoms with E-state index in [9.17, 15) is 46.8 Å². The SMILES string of the molecule is CC.CC1CC(=O)N(CCC(=O)NCC(=O)CC(C)(C)C)C1=O.CC1CC(=O)N(CCC(=O)NCCOCCC(=O)CC(C)(C)C)C1=O.CNS(=O)(=O)C(C)(C)C. The van der Waals surface area contributed by atoms with Crippen LogP contribution in [0.5, 0.6) is 0 Å². The molecule has 6 amide bonds. The number of Topliss-reactive ketones (excluding diaryl/α,β-unsaturated/α-hetero) is 2. The zero-order chi connectivity index (χ0) is 44.9. The Morgan fingerprint density at radius 2 is 1.07 bits per heavy atom. The van der Waals surface area contributed by atoms with E-state index in [4.69, 9.17) is 4.74 Å². The second-order valence-electron chi connectivity index (χ2n) is 17.3. The van der Waals surface area contributed by atoms with Gasteiger partial charge in [0.1, 0.15) is 5.78 Å². The maximum atomic E-state index is 11.7. The van der Waals surface area contributed by atoms with Gasteiger partial charge in [0.25, 0.3) is 0 Å². The van der Waals surface area contributed by atoms with Gasteiger partial charge in [0, 0.05) is 76.4 Å². The molecule has 2 rings (SSSR count). The normalized spacial score (nSPS) is 17.2. The van der Waals surface area contributed by atoms with Crippen LogP contribution in [-0.4, -0.2) is 116 Å². The fourth-order valence-corrected chi connectivity index (χ4v) is 5.77. The van der Waals surface area contributed by atoms with E-state index in [1.54, 1.807) is 34.6 Å². The fraction of sp³-hybridized carbons (Fsp3) is 0.800. The third-order valence-corrected chi connectivity index (χ3v) is 10.3. The number of hydrogen-bond acceptors (Lipinski definition) is 11. The summed E-state index contributed by atoms with van der Waals surface area (Å²) < 4.78 is 28.7. The number of nitrogens with zero attached hydrogens (tertiary/aromatic N) is 2. The first-order valence-electron chi connectivity index (χ1n) is 19.8. The van der Waals surface area contributed by atoms with Crippen LogP contribution in [-0.2, 0) is 53.1 Å². The van der Waals surface area contributed by atoms with Gasteiger partial charge in [-0.05, 0) is 38.6 Å². The Hall–Kier alpha value is -3.57. The first kappa shape index (κ1) is 55.5. The lowest BCUT2D eigenvalue weighted by Gasteiger charge is -2.17. The highest BCUT2D eigenvalue weighted by Gasteiger charge is 2.36. The molecule has 0 radical (unpaired) electrons. The Balaban J connectivity index is 0. The lowest BCUT2D eigenvalue weighted by Crippen LogP contribution is -2.37. The summed E-state index contributed by atoms with van der Waals surface area (Å²) in [7, 11) is -1.67. The molecule has 2 atom stereocenters. The van der Waals surface area contributed by atoms with Crippen molar-refractivity contribution < 1.29 is 51.5 Å². The zero-order valence-corrected chi connectivity index (χ0v) is 38.0. The molecule has 17 heteroatoms. The van der Waals surface area contributed by atoms with Gasteiger partial charge in [-0.25, -0.2) is 13.1 Å². The summed E-state index contributed by atoms with van der Waals surface area (Å²) >= 11 is 0. The van der Waals surface area contributed by atoms with Crippen molar-refractivity contribution in [1.82, 2.24) is 25.2 Å². The average molecular weight is 832 g/mol. The van der Waals surface area contributed by atoms with E-state index in [-0.39, 0.29) is 115 Å². The van der Waals surface area contributed by atoms with Gasteiger partial charge in [0.05, 0.1) is 24.5 Å². The fourth-order valence-electron chi connectivity index (χ4n) is 5.16. The van der Waals surface area contributed by atoms with E-state index in [1.165, 1.54) is 7.05 Å². The minimum Gasteiger partial charge on any atom is -0.379 e. The van der Waals surface area contributed by atoms with Crippen LogP contribution in [0.25, 0.3) is 0 Å². The Bertz CT molecular complexity index is 1480. The molecule has 3 N–H and O–H groups in total. The predicted molar refractivity (Wildman–Crippen MR) is 219 cm³/mol. The van der Waals surface area contributed by atoms with E-state index in [2.05, 4.69) is 15.4 Å². The summed E-state index contributed by atoms with van der Waals surface area (Å²) in [5, 5.41) is 5.21. The monoisotopic (exact) mass is 832 g/mol. The summed E-state index contributed by atoms with van der Waals surface area (Å²) in [6, 6.07) is 0. The number of ether oxygens (including phenoxy) is 1. The Labute approximate surface area is 341 Å². The Morgan fingerprint density at radius 3 is 1.40 bits per heavy atom. The molecule has 330 valence electrons. The Morgan fingerprint density at radius 1 is 0.667 bits per heavy atom. The van der Waals surface area contributed by atoms with Crippen molar-refractivity contribution in [2.75, 3.05) is 46.4 Å². The standard InChI is InChI=1S/C18H30N2O5.C15H24N2O4.C5H13NO2S.C2H6/c1-13-11-16(23)20(17(13)24)8-5-15(22)19-7-10-25-9-6-14(21)12-18(2,3)4;1-10-7-13(20)17(14(10)21)6-5-12(19)16-9-11(18)8-15(2,3)4;1-5(2,3)9(7,8)6-4;1-2/h13H,5-12H2,1-4H3,(H,19,22);10H,5-9H2,1-4H3,(H,16,19);6H,1-4H3;1-2H3. The van der Waals surface area contributed by atoms with Gasteiger partial charge in [-0.3, -0.25) is 48.2 Å². The van der Waals surface area contributed by atoms with Crippen molar-refractivity contribution >= 4 is 57.0 Å². The summed E-state index contributed by atoms with van der Waals surface area (Å²) in [4.78, 5) is 95.5. The minimum absolute atomic E-state index is 0.00556. The van der Waals surface area contributed by atoms with Crippen LogP contribution in [0.2, 0.25) is 0 Å². The highest BCUT2D eigenvalue weighted by Crippen LogP contribution is 2.21. The van der Waals surface area contributed by atoms with Gasteiger partial charge >= 0.3 is 0 Å². The van der Waals surface area contributed by atoms with Crippen LogP contribution in [0.3, 0.4) is 0 Å². The van der Waals surface area contributed by atoms with E-state index in [0.717, 1.165) is 9.80 Å². The second kappa shape index (κ2) is 25.7. The molecule has 2 heterocycles. The maximum absolute atomic E-state index is 11.7. The van der Waals surface area contributed by atoms with Crippen molar-refractivity contribution in [2.45, 2.75) is 140 Å². The molecule has 2 saturated heterocycles. The number of sulfonamides is 1. The van der Waals surface area contributed by atoms with E-state index >= 15 is 0 Å². The molecule has 2 aliphatic rings. The van der Waals surface area contributed by atoms with Gasteiger partial charge in [-0.2, -0.15) is 0 Å². The molecule has 2 fully saturated rings. The van der Waals surface area contributed by atoms with Crippen molar-refractivity contribution in [3.63, 3.8) is 0 Å². The topological polar surface area (TPSA) is 222 Å². The van der Waals surface area contributed by atoms with Crippen LogP contribution in [0.1, 0.15) is 135 Å². The molecular weight excluding hydrogens is 759 g/mol. The molecule has 2 unspecified atom stereocenters. The highest BCUT2D eigenvalue weighted by atomic mass is 32.2. The van der Waals surface area contributed by atoms with Crippen molar-refractivity contribution in [1.29, 1.82) is 0 Å². The third-order valence-electron chi connectivity index (χ3n) is 8.17. The van der Waals surface area contributed by atoms with Crippen molar-refractivity contribution in [2.24, 2.45) is 22.7 Å². The summed E-state index contributed by atoms with van der Waals surface area (Å²) in [5.41, 5.74) is -0.118. The molecule has 0 spiro atoms. The van der Waals surface area contributed by atoms with Crippen LogP contribution in [0, 0.1) is 22.7 Å². The van der Waals surface area contributed by atoms with Gasteiger partial charge in [0.15, 0.2) is 5.78 Å².